The Morgan fingerprint density at radius 2 is 1.93 bits per heavy atom. The van der Waals surface area contributed by atoms with Crippen LogP contribution in [0.2, 0.25) is 0 Å². The molecule has 0 bridgehead atoms. The summed E-state index contributed by atoms with van der Waals surface area (Å²) in [4.78, 5) is 41.2. The zero-order valence-corrected chi connectivity index (χ0v) is 15.4. The zero-order valence-electron chi connectivity index (χ0n) is 15.4. The number of fused-ring (bicyclic) bond motifs is 2. The van der Waals surface area contributed by atoms with Crippen molar-refractivity contribution in [2.24, 2.45) is 14.1 Å². The number of hydrogen-bond acceptors (Lipinski definition) is 4. The van der Waals surface area contributed by atoms with Crippen LogP contribution in [-0.2, 0) is 38.3 Å². The van der Waals surface area contributed by atoms with Crippen molar-refractivity contribution < 1.29 is 4.79 Å². The first-order valence-electron chi connectivity index (χ1n) is 8.99. The van der Waals surface area contributed by atoms with Crippen LogP contribution in [0.1, 0.15) is 24.0 Å². The molecule has 0 unspecified atom stereocenters. The summed E-state index contributed by atoms with van der Waals surface area (Å²) in [5.74, 6) is -0.232. The number of hydrogen-bond donors (Lipinski definition) is 1. The summed E-state index contributed by atoms with van der Waals surface area (Å²) in [6.07, 6.45) is 5.72. The molecule has 1 aromatic carbocycles. The largest absolute Gasteiger partial charge is 0.332 e. The molecule has 2 heterocycles. The summed E-state index contributed by atoms with van der Waals surface area (Å²) in [5.41, 5.74) is 2.93. The van der Waals surface area contributed by atoms with Crippen LogP contribution in [0.4, 0.5) is 5.69 Å². The average Bonchev–Trinajstić information content (AvgIpc) is 3.08. The molecule has 0 aliphatic heterocycles. The monoisotopic (exact) mass is 367 g/mol. The number of imidazole rings is 1. The maximum absolute atomic E-state index is 12.6. The fraction of sp³-hybridized carbons (Fsp3) is 0.368. The molecule has 0 spiro atoms. The predicted molar refractivity (Wildman–Crippen MR) is 102 cm³/mol. The number of nitrogens with zero attached hydrogens (tertiary/aromatic N) is 4. The van der Waals surface area contributed by atoms with Crippen molar-refractivity contribution >= 4 is 22.8 Å². The Hall–Kier alpha value is -3.16. The van der Waals surface area contributed by atoms with E-state index in [0.717, 1.165) is 29.5 Å². The van der Waals surface area contributed by atoms with Gasteiger partial charge in [0, 0.05) is 19.8 Å². The van der Waals surface area contributed by atoms with Crippen molar-refractivity contribution in [1.82, 2.24) is 18.7 Å². The lowest BCUT2D eigenvalue weighted by molar-refractivity contribution is -0.116. The maximum atomic E-state index is 12.6. The van der Waals surface area contributed by atoms with Crippen LogP contribution in [-0.4, -0.2) is 24.6 Å². The highest BCUT2D eigenvalue weighted by Gasteiger charge is 2.18. The Bertz CT molecular complexity index is 1170. The van der Waals surface area contributed by atoms with Crippen molar-refractivity contribution in [3.05, 3.63) is 56.5 Å². The molecule has 1 amide bonds. The number of rotatable bonds is 3. The Morgan fingerprint density at radius 1 is 1.15 bits per heavy atom. The third-order valence-electron chi connectivity index (χ3n) is 5.20. The first kappa shape index (κ1) is 17.3. The molecule has 3 aromatic rings. The van der Waals surface area contributed by atoms with Gasteiger partial charge in [-0.15, -0.1) is 0 Å². The van der Waals surface area contributed by atoms with E-state index in [9.17, 15) is 14.4 Å². The van der Waals surface area contributed by atoms with Gasteiger partial charge in [-0.3, -0.25) is 18.7 Å². The number of nitrogens with one attached hydrogen (secondary N) is 1. The van der Waals surface area contributed by atoms with E-state index in [1.54, 1.807) is 7.05 Å². The standard InChI is InChI=1S/C19H21N5O3/c1-22-17-16(18(26)23(2)19(22)27)24(11-20-17)10-15(25)21-14-9-5-7-12-6-3-4-8-13(12)14/h5,7,9,11H,3-4,6,8,10H2,1-2H3,(H,21,25). The van der Waals surface area contributed by atoms with Gasteiger partial charge in [0.1, 0.15) is 6.54 Å². The molecule has 27 heavy (non-hydrogen) atoms. The number of carbonyl (C=O) groups is 1. The Labute approximate surface area is 155 Å². The lowest BCUT2D eigenvalue weighted by atomic mass is 9.90. The van der Waals surface area contributed by atoms with E-state index in [0.29, 0.717) is 0 Å². The summed E-state index contributed by atoms with van der Waals surface area (Å²) >= 11 is 0. The van der Waals surface area contributed by atoms with Gasteiger partial charge in [-0.05, 0) is 42.9 Å². The molecule has 0 saturated heterocycles. The van der Waals surface area contributed by atoms with Gasteiger partial charge in [-0.2, -0.15) is 0 Å². The van der Waals surface area contributed by atoms with Crippen molar-refractivity contribution in [2.45, 2.75) is 32.2 Å². The van der Waals surface area contributed by atoms with Crippen LogP contribution < -0.4 is 16.6 Å². The van der Waals surface area contributed by atoms with E-state index in [1.165, 1.54) is 40.1 Å². The van der Waals surface area contributed by atoms with Crippen LogP contribution in [0, 0.1) is 0 Å². The quantitative estimate of drug-likeness (QED) is 0.746. The van der Waals surface area contributed by atoms with E-state index in [1.807, 2.05) is 12.1 Å². The number of amides is 1. The third kappa shape index (κ3) is 2.87. The van der Waals surface area contributed by atoms with Crippen LogP contribution in [0.5, 0.6) is 0 Å². The number of aryl methyl sites for hydroxylation is 2. The normalized spacial score (nSPS) is 13.6. The summed E-state index contributed by atoms with van der Waals surface area (Å²) in [6.45, 7) is -0.0480. The number of carbonyl (C=O) groups excluding carboxylic acids is 1. The topological polar surface area (TPSA) is 90.9 Å². The van der Waals surface area contributed by atoms with Gasteiger partial charge in [0.25, 0.3) is 5.56 Å². The minimum Gasteiger partial charge on any atom is -0.324 e. The Morgan fingerprint density at radius 3 is 2.74 bits per heavy atom. The second-order valence-corrected chi connectivity index (χ2v) is 6.95. The number of aromatic nitrogens is 4. The number of benzene rings is 1. The van der Waals surface area contributed by atoms with Gasteiger partial charge in [-0.1, -0.05) is 12.1 Å². The first-order valence-corrected chi connectivity index (χ1v) is 8.99. The Kier molecular flexibility index (Phi) is 4.18. The minimum absolute atomic E-state index is 0.0480. The second kappa shape index (κ2) is 6.53. The predicted octanol–water partition coefficient (Wildman–Crippen LogP) is 0.951. The van der Waals surface area contributed by atoms with E-state index in [4.69, 9.17) is 0 Å². The van der Waals surface area contributed by atoms with Crippen molar-refractivity contribution in [2.75, 3.05) is 5.32 Å². The van der Waals surface area contributed by atoms with Crippen LogP contribution in [0.3, 0.4) is 0 Å². The molecule has 8 nitrogen and oxygen atoms in total. The maximum Gasteiger partial charge on any atom is 0.332 e. The molecule has 1 N–H and O–H groups in total. The van der Waals surface area contributed by atoms with E-state index >= 15 is 0 Å². The molecule has 1 aliphatic rings. The fourth-order valence-electron chi connectivity index (χ4n) is 3.76. The molecule has 4 rings (SSSR count). The summed E-state index contributed by atoms with van der Waals surface area (Å²) in [5, 5.41) is 2.97. The summed E-state index contributed by atoms with van der Waals surface area (Å²) in [6, 6.07) is 5.98. The molecule has 0 radical (unpaired) electrons. The molecular weight excluding hydrogens is 346 g/mol. The van der Waals surface area contributed by atoms with Gasteiger partial charge >= 0.3 is 5.69 Å². The third-order valence-corrected chi connectivity index (χ3v) is 5.20. The molecule has 0 saturated carbocycles. The fourth-order valence-corrected chi connectivity index (χ4v) is 3.76. The molecule has 0 atom stereocenters. The smallest absolute Gasteiger partial charge is 0.324 e. The van der Waals surface area contributed by atoms with Crippen LogP contribution in [0.25, 0.3) is 11.2 Å². The van der Waals surface area contributed by atoms with Crippen molar-refractivity contribution in [3.8, 4) is 0 Å². The molecule has 8 heteroatoms. The van der Waals surface area contributed by atoms with Gasteiger partial charge in [-0.25, -0.2) is 9.78 Å². The molecular formula is C19H21N5O3. The molecule has 140 valence electrons. The van der Waals surface area contributed by atoms with Crippen LogP contribution >= 0.6 is 0 Å². The molecule has 1 aliphatic carbocycles. The summed E-state index contributed by atoms with van der Waals surface area (Å²) in [7, 11) is 2.97. The highest BCUT2D eigenvalue weighted by molar-refractivity contribution is 5.92. The van der Waals surface area contributed by atoms with Gasteiger partial charge < -0.3 is 9.88 Å². The summed E-state index contributed by atoms with van der Waals surface area (Å²) < 4.78 is 3.81. The SMILES string of the molecule is Cn1c(=O)c2c(ncn2CC(=O)Nc2cccc3c2CCCC3)n(C)c1=O. The highest BCUT2D eigenvalue weighted by atomic mass is 16.2. The molecule has 0 fully saturated rings. The lowest BCUT2D eigenvalue weighted by Crippen LogP contribution is -2.37. The minimum atomic E-state index is -0.463. The average molecular weight is 367 g/mol. The Balaban J connectivity index is 1.65. The van der Waals surface area contributed by atoms with E-state index < -0.39 is 11.2 Å². The lowest BCUT2D eigenvalue weighted by Gasteiger charge is -2.19. The van der Waals surface area contributed by atoms with E-state index in [2.05, 4.69) is 16.4 Å². The van der Waals surface area contributed by atoms with E-state index in [-0.39, 0.29) is 23.6 Å². The van der Waals surface area contributed by atoms with Gasteiger partial charge in [0.2, 0.25) is 5.91 Å². The number of anilines is 1. The second-order valence-electron chi connectivity index (χ2n) is 6.95. The van der Waals surface area contributed by atoms with Crippen molar-refractivity contribution in [1.29, 1.82) is 0 Å². The van der Waals surface area contributed by atoms with Gasteiger partial charge in [0.15, 0.2) is 11.2 Å². The highest BCUT2D eigenvalue weighted by Crippen LogP contribution is 2.27. The van der Waals surface area contributed by atoms with Crippen molar-refractivity contribution in [3.63, 3.8) is 0 Å². The zero-order chi connectivity index (χ0) is 19.1. The van der Waals surface area contributed by atoms with Crippen LogP contribution in [0.15, 0.2) is 34.1 Å². The first-order chi connectivity index (χ1) is 13.0. The van der Waals surface area contributed by atoms with Gasteiger partial charge in [0.05, 0.1) is 6.33 Å². The molecule has 2 aromatic heterocycles.